The number of hydrogen-bond donors (Lipinski definition) is 0. The highest BCUT2D eigenvalue weighted by Crippen LogP contribution is 2.36. The summed E-state index contributed by atoms with van der Waals surface area (Å²) in [6.45, 7) is 7.72. The van der Waals surface area contributed by atoms with Crippen molar-refractivity contribution in [2.24, 2.45) is 4.99 Å². The van der Waals surface area contributed by atoms with Crippen LogP contribution in [0.1, 0.15) is 64.1 Å². The molecule has 1 atom stereocenters. The van der Waals surface area contributed by atoms with Gasteiger partial charge in [-0.2, -0.15) is 0 Å². The van der Waals surface area contributed by atoms with E-state index < -0.39 is 18.0 Å². The van der Waals surface area contributed by atoms with Crippen molar-refractivity contribution in [3.63, 3.8) is 0 Å². The Morgan fingerprint density at radius 1 is 1.07 bits per heavy atom. The standard InChI is InChI=1S/C31H34N2O7S/c1-6-8-9-16-39-23-13-10-21(11-14-23)17-26-29(35)33-28(22-12-15-24(40-20(4)34)25(18-22)37-5)27(30(36)38-7-2)19(3)32-31(33)41-26/h10-15,17-18,28H,6-9,16H2,1-5H3/b26-17+. The number of benzene rings is 2. The van der Waals surface area contributed by atoms with Gasteiger partial charge in [0.05, 0.1) is 42.2 Å². The third-order valence-corrected chi connectivity index (χ3v) is 7.45. The van der Waals surface area contributed by atoms with Crippen molar-refractivity contribution in [3.8, 4) is 17.2 Å². The maximum atomic E-state index is 13.9. The lowest BCUT2D eigenvalue weighted by molar-refractivity contribution is -0.139. The Morgan fingerprint density at radius 2 is 1.83 bits per heavy atom. The van der Waals surface area contributed by atoms with Crippen LogP contribution in [0.15, 0.2) is 63.5 Å². The second-order valence-corrected chi connectivity index (χ2v) is 10.4. The van der Waals surface area contributed by atoms with E-state index in [-0.39, 0.29) is 29.2 Å². The highest BCUT2D eigenvalue weighted by atomic mass is 32.1. The van der Waals surface area contributed by atoms with Crippen LogP contribution in [0.4, 0.5) is 0 Å². The van der Waals surface area contributed by atoms with Crippen molar-refractivity contribution >= 4 is 29.4 Å². The number of methoxy groups -OCH3 is 1. The van der Waals surface area contributed by atoms with E-state index >= 15 is 0 Å². The summed E-state index contributed by atoms with van der Waals surface area (Å²) in [6, 6.07) is 11.7. The fourth-order valence-electron chi connectivity index (χ4n) is 4.55. The van der Waals surface area contributed by atoms with Crippen LogP contribution in [-0.2, 0) is 14.3 Å². The Balaban J connectivity index is 1.79. The van der Waals surface area contributed by atoms with Gasteiger partial charge in [-0.1, -0.05) is 49.3 Å². The lowest BCUT2D eigenvalue weighted by Gasteiger charge is -2.25. The van der Waals surface area contributed by atoms with Gasteiger partial charge in [-0.05, 0) is 61.7 Å². The first-order valence-electron chi connectivity index (χ1n) is 13.6. The van der Waals surface area contributed by atoms with E-state index in [1.54, 1.807) is 38.1 Å². The van der Waals surface area contributed by atoms with Crippen LogP contribution >= 0.6 is 11.3 Å². The molecule has 1 aromatic heterocycles. The molecule has 0 radical (unpaired) electrons. The number of thiazole rings is 1. The Morgan fingerprint density at radius 3 is 2.49 bits per heavy atom. The molecule has 0 aliphatic carbocycles. The summed E-state index contributed by atoms with van der Waals surface area (Å²) in [5.74, 6) is 0.233. The van der Waals surface area contributed by atoms with Gasteiger partial charge < -0.3 is 18.9 Å². The number of hydrogen-bond acceptors (Lipinski definition) is 9. The van der Waals surface area contributed by atoms with Gasteiger partial charge in [-0.25, -0.2) is 9.79 Å². The van der Waals surface area contributed by atoms with Gasteiger partial charge in [-0.15, -0.1) is 0 Å². The van der Waals surface area contributed by atoms with E-state index in [1.807, 2.05) is 24.3 Å². The van der Waals surface area contributed by atoms with Crippen molar-refractivity contribution in [2.75, 3.05) is 20.3 Å². The van der Waals surface area contributed by atoms with Gasteiger partial charge in [0.2, 0.25) is 0 Å². The van der Waals surface area contributed by atoms with E-state index in [9.17, 15) is 14.4 Å². The normalized spacial score (nSPS) is 14.8. The minimum Gasteiger partial charge on any atom is -0.494 e. The first-order chi connectivity index (χ1) is 19.8. The SMILES string of the molecule is CCCCCOc1ccc(/C=c2/sc3n(c2=O)C(c2ccc(OC(C)=O)c(OC)c2)C(C(=O)OCC)=C(C)N=3)cc1. The fourth-order valence-corrected chi connectivity index (χ4v) is 5.60. The number of esters is 2. The van der Waals surface area contributed by atoms with Gasteiger partial charge in [0, 0.05) is 6.92 Å². The molecule has 1 aliphatic heterocycles. The summed E-state index contributed by atoms with van der Waals surface area (Å²) in [5.41, 5.74) is 1.82. The Bertz CT molecular complexity index is 1630. The molecule has 0 spiro atoms. The molecule has 1 unspecified atom stereocenters. The van der Waals surface area contributed by atoms with Crippen molar-refractivity contribution < 1.29 is 28.5 Å². The minimum absolute atomic E-state index is 0.166. The first kappa shape index (κ1) is 29.8. The molecule has 0 saturated carbocycles. The monoisotopic (exact) mass is 578 g/mol. The molecule has 2 aromatic carbocycles. The van der Waals surface area contributed by atoms with Crippen LogP contribution in [0.2, 0.25) is 0 Å². The number of carbonyl (C=O) groups is 2. The molecule has 216 valence electrons. The number of allylic oxidation sites excluding steroid dienone is 1. The highest BCUT2D eigenvalue weighted by Gasteiger charge is 2.34. The predicted molar refractivity (Wildman–Crippen MR) is 156 cm³/mol. The lowest BCUT2D eigenvalue weighted by atomic mass is 9.95. The molecule has 0 amide bonds. The van der Waals surface area contributed by atoms with Crippen LogP contribution in [0.25, 0.3) is 6.08 Å². The summed E-state index contributed by atoms with van der Waals surface area (Å²) in [6.07, 6.45) is 5.07. The molecular formula is C31H34N2O7S. The molecule has 2 heterocycles. The van der Waals surface area contributed by atoms with Crippen LogP contribution in [0, 0.1) is 0 Å². The fraction of sp³-hybridized carbons (Fsp3) is 0.355. The summed E-state index contributed by atoms with van der Waals surface area (Å²) in [7, 11) is 1.45. The molecular weight excluding hydrogens is 544 g/mol. The molecule has 41 heavy (non-hydrogen) atoms. The van der Waals surface area contributed by atoms with Crippen molar-refractivity contribution in [1.82, 2.24) is 4.57 Å². The molecule has 0 fully saturated rings. The largest absolute Gasteiger partial charge is 0.494 e. The summed E-state index contributed by atoms with van der Waals surface area (Å²) in [4.78, 5) is 43.6. The summed E-state index contributed by atoms with van der Waals surface area (Å²) < 4.78 is 23.8. The number of carbonyl (C=O) groups excluding carboxylic acids is 2. The molecule has 0 saturated heterocycles. The van der Waals surface area contributed by atoms with Gasteiger partial charge >= 0.3 is 11.9 Å². The number of unbranched alkanes of at least 4 members (excludes halogenated alkanes) is 2. The number of aromatic nitrogens is 1. The van der Waals surface area contributed by atoms with Crippen molar-refractivity contribution in [3.05, 3.63) is 84.5 Å². The Kier molecular flexibility index (Phi) is 9.78. The Hall–Kier alpha value is -4.18. The quantitative estimate of drug-likeness (QED) is 0.190. The summed E-state index contributed by atoms with van der Waals surface area (Å²) >= 11 is 1.24. The second-order valence-electron chi connectivity index (χ2n) is 9.43. The zero-order chi connectivity index (χ0) is 29.5. The third kappa shape index (κ3) is 6.77. The maximum absolute atomic E-state index is 13.9. The lowest BCUT2D eigenvalue weighted by Crippen LogP contribution is -2.40. The van der Waals surface area contributed by atoms with Crippen molar-refractivity contribution in [1.29, 1.82) is 0 Å². The van der Waals surface area contributed by atoms with Crippen molar-refractivity contribution in [2.45, 2.75) is 53.0 Å². The van der Waals surface area contributed by atoms with E-state index in [1.165, 1.54) is 29.9 Å². The molecule has 0 N–H and O–H groups in total. The molecule has 10 heteroatoms. The third-order valence-electron chi connectivity index (χ3n) is 6.47. The average Bonchev–Trinajstić information content (AvgIpc) is 3.25. The zero-order valence-electron chi connectivity index (χ0n) is 23.9. The van der Waals surface area contributed by atoms with Gasteiger partial charge in [0.1, 0.15) is 5.75 Å². The van der Waals surface area contributed by atoms with E-state index in [0.717, 1.165) is 30.6 Å². The molecule has 9 nitrogen and oxygen atoms in total. The minimum atomic E-state index is -0.827. The topological polar surface area (TPSA) is 105 Å². The van der Waals surface area contributed by atoms with Gasteiger partial charge in [0.25, 0.3) is 5.56 Å². The van der Waals surface area contributed by atoms with Crippen LogP contribution in [0.3, 0.4) is 0 Å². The zero-order valence-corrected chi connectivity index (χ0v) is 24.7. The molecule has 3 aromatic rings. The van der Waals surface area contributed by atoms with E-state index in [4.69, 9.17) is 18.9 Å². The maximum Gasteiger partial charge on any atom is 0.338 e. The van der Waals surface area contributed by atoms with Crippen LogP contribution < -0.4 is 29.1 Å². The number of nitrogens with zero attached hydrogens (tertiary/aromatic N) is 2. The number of ether oxygens (including phenoxy) is 4. The number of rotatable bonds is 11. The van der Waals surface area contributed by atoms with Crippen LogP contribution in [0.5, 0.6) is 17.2 Å². The van der Waals surface area contributed by atoms with Gasteiger partial charge in [0.15, 0.2) is 16.3 Å². The molecule has 1 aliphatic rings. The van der Waals surface area contributed by atoms with Gasteiger partial charge in [-0.3, -0.25) is 14.2 Å². The summed E-state index contributed by atoms with van der Waals surface area (Å²) in [5, 5.41) is 0. The Labute approximate surface area is 242 Å². The second kappa shape index (κ2) is 13.5. The average molecular weight is 579 g/mol. The van der Waals surface area contributed by atoms with E-state index in [2.05, 4.69) is 11.9 Å². The highest BCUT2D eigenvalue weighted by molar-refractivity contribution is 7.07. The van der Waals surface area contributed by atoms with Crippen LogP contribution in [-0.4, -0.2) is 36.8 Å². The number of fused-ring (bicyclic) bond motifs is 1. The van der Waals surface area contributed by atoms with E-state index in [0.29, 0.717) is 27.2 Å². The molecule has 4 rings (SSSR count). The first-order valence-corrected chi connectivity index (χ1v) is 14.4. The molecule has 0 bridgehead atoms. The predicted octanol–water partition coefficient (Wildman–Crippen LogP) is 4.30. The smallest absolute Gasteiger partial charge is 0.338 e.